The van der Waals surface area contributed by atoms with Gasteiger partial charge in [-0.25, -0.2) is 0 Å². The predicted molar refractivity (Wildman–Crippen MR) is 39.6 cm³/mol. The van der Waals surface area contributed by atoms with Crippen LogP contribution in [0.4, 0.5) is 0 Å². The first kappa shape index (κ1) is 8.31. The number of hydrogen-bond donors (Lipinski definition) is 1. The third kappa shape index (κ3) is 3.33. The van der Waals surface area contributed by atoms with E-state index in [0.29, 0.717) is 6.10 Å². The molecular weight excluding hydrogens is 120 g/mol. The van der Waals surface area contributed by atoms with Crippen LogP contribution in [0.3, 0.4) is 0 Å². The van der Waals surface area contributed by atoms with E-state index in [0.717, 1.165) is 18.8 Å². The van der Waals surface area contributed by atoms with E-state index in [-0.39, 0.29) is 0 Å². The summed E-state index contributed by atoms with van der Waals surface area (Å²) in [7, 11) is 0. The number of ether oxygens (including phenoxy) is 1. The van der Waals surface area contributed by atoms with Crippen LogP contribution in [-0.2, 0) is 4.74 Å². The van der Waals surface area contributed by atoms with Crippen molar-refractivity contribution in [2.24, 2.45) is 0 Å². The van der Waals surface area contributed by atoms with Gasteiger partial charge in [0.15, 0.2) is 0 Å². The molecule has 0 rings (SSSR count). The molecule has 0 aliphatic carbocycles. The van der Waals surface area contributed by atoms with E-state index in [9.17, 15) is 0 Å². The summed E-state index contributed by atoms with van der Waals surface area (Å²) in [6.45, 7) is 4.92. The van der Waals surface area contributed by atoms with E-state index in [1.54, 1.807) is 0 Å². The van der Waals surface area contributed by atoms with Crippen LogP contribution < -0.4 is 0 Å². The van der Waals surface area contributed by atoms with Crippen LogP contribution in [0, 0.1) is 0 Å². The summed E-state index contributed by atoms with van der Waals surface area (Å²) in [5.41, 5.74) is 0. The maximum atomic E-state index is 5.26. The Kier molecular flexibility index (Phi) is 5.66. The van der Waals surface area contributed by atoms with Crippen molar-refractivity contribution in [3.05, 3.63) is 0 Å². The monoisotopic (exact) mass is 134 g/mol. The van der Waals surface area contributed by atoms with Crippen LogP contribution in [0.2, 0.25) is 0 Å². The molecular formula is C6H14OS. The highest BCUT2D eigenvalue weighted by Crippen LogP contribution is 1.98. The molecule has 0 aromatic heterocycles. The molecule has 1 unspecified atom stereocenters. The van der Waals surface area contributed by atoms with E-state index in [1.807, 2.05) is 6.92 Å². The first-order chi connectivity index (χ1) is 3.85. The van der Waals surface area contributed by atoms with Crippen molar-refractivity contribution < 1.29 is 4.74 Å². The lowest BCUT2D eigenvalue weighted by molar-refractivity contribution is 0.0775. The van der Waals surface area contributed by atoms with Crippen LogP contribution in [0.5, 0.6) is 0 Å². The molecule has 50 valence electrons. The smallest absolute Gasteiger partial charge is 0.0660 e. The molecule has 0 saturated carbocycles. The van der Waals surface area contributed by atoms with Gasteiger partial charge in [0, 0.05) is 12.4 Å². The molecule has 0 aliphatic rings. The topological polar surface area (TPSA) is 9.23 Å². The number of thiol groups is 1. The molecule has 2 heteroatoms. The van der Waals surface area contributed by atoms with Crippen LogP contribution in [0.25, 0.3) is 0 Å². The van der Waals surface area contributed by atoms with E-state index < -0.39 is 0 Å². The molecule has 0 radical (unpaired) electrons. The van der Waals surface area contributed by atoms with Gasteiger partial charge in [-0.15, -0.1) is 0 Å². The SMILES string of the molecule is CCOC(CC)CS. The van der Waals surface area contributed by atoms with Gasteiger partial charge in [0.1, 0.15) is 0 Å². The van der Waals surface area contributed by atoms with Crippen molar-refractivity contribution in [2.75, 3.05) is 12.4 Å². The second-order valence-electron chi connectivity index (χ2n) is 1.67. The molecule has 1 nitrogen and oxygen atoms in total. The fourth-order valence-corrected chi connectivity index (χ4v) is 0.899. The van der Waals surface area contributed by atoms with Gasteiger partial charge in [-0.3, -0.25) is 0 Å². The standard InChI is InChI=1S/C6H14OS/c1-3-6(5-8)7-4-2/h6,8H,3-5H2,1-2H3. The van der Waals surface area contributed by atoms with Gasteiger partial charge in [-0.1, -0.05) is 6.92 Å². The molecule has 0 fully saturated rings. The van der Waals surface area contributed by atoms with Crippen molar-refractivity contribution >= 4 is 12.6 Å². The lowest BCUT2D eigenvalue weighted by Gasteiger charge is -2.09. The highest BCUT2D eigenvalue weighted by molar-refractivity contribution is 7.80. The predicted octanol–water partition coefficient (Wildman–Crippen LogP) is 1.73. The lowest BCUT2D eigenvalue weighted by atomic mass is 10.3. The number of rotatable bonds is 4. The van der Waals surface area contributed by atoms with Crippen LogP contribution in [0.15, 0.2) is 0 Å². The molecule has 0 aliphatic heterocycles. The Morgan fingerprint density at radius 1 is 1.50 bits per heavy atom. The summed E-state index contributed by atoms with van der Waals surface area (Å²) >= 11 is 4.10. The Balaban J connectivity index is 3.07. The minimum absolute atomic E-state index is 0.364. The van der Waals surface area contributed by atoms with Gasteiger partial charge < -0.3 is 4.74 Å². The molecule has 0 aromatic carbocycles. The first-order valence-corrected chi connectivity index (χ1v) is 3.70. The molecule has 0 amide bonds. The quantitative estimate of drug-likeness (QED) is 0.576. The van der Waals surface area contributed by atoms with Crippen LogP contribution >= 0.6 is 12.6 Å². The fraction of sp³-hybridized carbons (Fsp3) is 1.00. The Labute approximate surface area is 56.8 Å². The minimum atomic E-state index is 0.364. The highest BCUT2D eigenvalue weighted by Gasteiger charge is 1.99. The third-order valence-corrected chi connectivity index (χ3v) is 1.47. The zero-order valence-electron chi connectivity index (χ0n) is 5.55. The molecule has 0 bridgehead atoms. The van der Waals surface area contributed by atoms with E-state index >= 15 is 0 Å². The molecule has 0 heterocycles. The van der Waals surface area contributed by atoms with E-state index in [2.05, 4.69) is 19.6 Å². The summed E-state index contributed by atoms with van der Waals surface area (Å²) in [6.07, 6.45) is 1.43. The Hall–Kier alpha value is 0.310. The fourth-order valence-electron chi connectivity index (χ4n) is 0.535. The second kappa shape index (κ2) is 5.45. The van der Waals surface area contributed by atoms with Crippen molar-refractivity contribution in [2.45, 2.75) is 26.4 Å². The van der Waals surface area contributed by atoms with E-state index in [1.165, 1.54) is 0 Å². The maximum Gasteiger partial charge on any atom is 0.0660 e. The van der Waals surface area contributed by atoms with Crippen LogP contribution in [-0.4, -0.2) is 18.5 Å². The molecule has 8 heavy (non-hydrogen) atoms. The Morgan fingerprint density at radius 3 is 2.25 bits per heavy atom. The summed E-state index contributed by atoms with van der Waals surface area (Å²) in [5.74, 6) is 0.838. The minimum Gasteiger partial charge on any atom is -0.378 e. The summed E-state index contributed by atoms with van der Waals surface area (Å²) in [6, 6.07) is 0. The van der Waals surface area contributed by atoms with Crippen molar-refractivity contribution in [1.82, 2.24) is 0 Å². The number of hydrogen-bond acceptors (Lipinski definition) is 2. The molecule has 0 saturated heterocycles. The van der Waals surface area contributed by atoms with Gasteiger partial charge in [0.25, 0.3) is 0 Å². The Bertz CT molecular complexity index is 43.8. The van der Waals surface area contributed by atoms with Crippen molar-refractivity contribution in [1.29, 1.82) is 0 Å². The zero-order valence-corrected chi connectivity index (χ0v) is 6.45. The average Bonchev–Trinajstić information content (AvgIpc) is 1.83. The third-order valence-electron chi connectivity index (χ3n) is 1.06. The molecule has 1 atom stereocenters. The molecule has 0 aromatic rings. The Morgan fingerprint density at radius 2 is 2.12 bits per heavy atom. The van der Waals surface area contributed by atoms with Gasteiger partial charge in [0.2, 0.25) is 0 Å². The van der Waals surface area contributed by atoms with E-state index in [4.69, 9.17) is 4.74 Å². The normalized spacial score (nSPS) is 13.9. The van der Waals surface area contributed by atoms with Gasteiger partial charge >= 0.3 is 0 Å². The average molecular weight is 134 g/mol. The summed E-state index contributed by atoms with van der Waals surface area (Å²) in [5, 5.41) is 0. The summed E-state index contributed by atoms with van der Waals surface area (Å²) in [4.78, 5) is 0. The van der Waals surface area contributed by atoms with Gasteiger partial charge in [-0.05, 0) is 13.3 Å². The highest BCUT2D eigenvalue weighted by atomic mass is 32.1. The first-order valence-electron chi connectivity index (χ1n) is 3.07. The largest absolute Gasteiger partial charge is 0.378 e. The second-order valence-corrected chi connectivity index (χ2v) is 2.03. The van der Waals surface area contributed by atoms with Crippen molar-refractivity contribution in [3.63, 3.8) is 0 Å². The van der Waals surface area contributed by atoms with Gasteiger partial charge in [0.05, 0.1) is 6.10 Å². The van der Waals surface area contributed by atoms with Gasteiger partial charge in [-0.2, -0.15) is 12.6 Å². The van der Waals surface area contributed by atoms with Crippen molar-refractivity contribution in [3.8, 4) is 0 Å². The van der Waals surface area contributed by atoms with Crippen LogP contribution in [0.1, 0.15) is 20.3 Å². The maximum absolute atomic E-state index is 5.26. The molecule has 0 N–H and O–H groups in total. The zero-order chi connectivity index (χ0) is 6.41. The lowest BCUT2D eigenvalue weighted by Crippen LogP contribution is -2.12. The summed E-state index contributed by atoms with van der Waals surface area (Å²) < 4.78 is 5.26. The molecule has 0 spiro atoms.